The van der Waals surface area contributed by atoms with Gasteiger partial charge in [-0.25, -0.2) is 4.39 Å². The van der Waals surface area contributed by atoms with Crippen molar-refractivity contribution in [3.05, 3.63) is 64.9 Å². The molecule has 3 aromatic rings. The van der Waals surface area contributed by atoms with E-state index in [0.717, 1.165) is 11.6 Å². The van der Waals surface area contributed by atoms with Crippen LogP contribution in [0.1, 0.15) is 17.4 Å². The average molecular weight is 277 g/mol. The van der Waals surface area contributed by atoms with Crippen LogP contribution in [-0.4, -0.2) is 4.98 Å². The van der Waals surface area contributed by atoms with Crippen molar-refractivity contribution in [2.75, 3.05) is 0 Å². The summed E-state index contributed by atoms with van der Waals surface area (Å²) >= 11 is 6.03. The number of hydrogen-bond acceptors (Lipinski definition) is 3. The van der Waals surface area contributed by atoms with Gasteiger partial charge >= 0.3 is 0 Å². The highest BCUT2D eigenvalue weighted by Crippen LogP contribution is 2.31. The summed E-state index contributed by atoms with van der Waals surface area (Å²) in [5, 5.41) is 1.35. The molecule has 0 radical (unpaired) electrons. The summed E-state index contributed by atoms with van der Waals surface area (Å²) in [6.45, 7) is 0. The van der Waals surface area contributed by atoms with E-state index in [0.29, 0.717) is 21.9 Å². The summed E-state index contributed by atoms with van der Waals surface area (Å²) in [5.74, 6) is 0.00903. The number of pyridine rings is 1. The van der Waals surface area contributed by atoms with Crippen LogP contribution in [0.15, 0.2) is 47.1 Å². The molecular weight excluding hydrogens is 267 g/mol. The molecule has 0 amide bonds. The van der Waals surface area contributed by atoms with Gasteiger partial charge in [0.05, 0.1) is 17.3 Å². The Morgan fingerprint density at radius 1 is 1.32 bits per heavy atom. The lowest BCUT2D eigenvalue weighted by Gasteiger charge is -2.09. The first-order valence-electron chi connectivity index (χ1n) is 5.70. The Balaban J connectivity index is 2.10. The van der Waals surface area contributed by atoms with E-state index >= 15 is 0 Å². The molecule has 2 aromatic heterocycles. The topological polar surface area (TPSA) is 52.0 Å². The van der Waals surface area contributed by atoms with Crippen molar-refractivity contribution >= 4 is 22.6 Å². The minimum Gasteiger partial charge on any atom is -0.457 e. The van der Waals surface area contributed by atoms with E-state index in [-0.39, 0.29) is 0 Å². The van der Waals surface area contributed by atoms with E-state index in [1.807, 2.05) is 12.1 Å². The zero-order valence-electron chi connectivity index (χ0n) is 9.81. The molecule has 0 aliphatic heterocycles. The maximum atomic E-state index is 13.7. The summed E-state index contributed by atoms with van der Waals surface area (Å²) in [6.07, 6.45) is 2.62. The Kier molecular flexibility index (Phi) is 2.97. The largest absolute Gasteiger partial charge is 0.457 e. The van der Waals surface area contributed by atoms with Crippen LogP contribution in [0.4, 0.5) is 4.39 Å². The Labute approximate surface area is 113 Å². The van der Waals surface area contributed by atoms with Gasteiger partial charge in [0.15, 0.2) is 5.58 Å². The fourth-order valence-electron chi connectivity index (χ4n) is 1.99. The number of nitrogens with zero attached hydrogens (tertiary/aromatic N) is 1. The van der Waals surface area contributed by atoms with Gasteiger partial charge in [0, 0.05) is 17.1 Å². The number of fused-ring (bicyclic) bond motifs is 1. The van der Waals surface area contributed by atoms with Gasteiger partial charge < -0.3 is 10.2 Å². The van der Waals surface area contributed by atoms with Crippen molar-refractivity contribution < 1.29 is 8.81 Å². The summed E-state index contributed by atoms with van der Waals surface area (Å²) in [5.41, 5.74) is 6.92. The lowest BCUT2D eigenvalue weighted by atomic mass is 10.1. The second kappa shape index (κ2) is 4.64. The molecule has 3 nitrogen and oxygen atoms in total. The molecule has 19 heavy (non-hydrogen) atoms. The van der Waals surface area contributed by atoms with Gasteiger partial charge in [-0.15, -0.1) is 0 Å². The molecule has 96 valence electrons. The second-order valence-electron chi connectivity index (χ2n) is 4.18. The van der Waals surface area contributed by atoms with Crippen LogP contribution in [0.25, 0.3) is 11.0 Å². The number of halogens is 2. The first kappa shape index (κ1) is 12.1. The van der Waals surface area contributed by atoms with Crippen LogP contribution < -0.4 is 5.73 Å². The summed E-state index contributed by atoms with van der Waals surface area (Å²) in [6, 6.07) is 8.04. The van der Waals surface area contributed by atoms with Crippen LogP contribution >= 0.6 is 11.6 Å². The van der Waals surface area contributed by atoms with Gasteiger partial charge in [-0.1, -0.05) is 23.7 Å². The van der Waals surface area contributed by atoms with Crippen molar-refractivity contribution in [2.45, 2.75) is 6.04 Å². The molecule has 2 heterocycles. The second-order valence-corrected chi connectivity index (χ2v) is 4.59. The maximum Gasteiger partial charge on any atom is 0.152 e. The number of rotatable bonds is 2. The van der Waals surface area contributed by atoms with E-state index in [1.54, 1.807) is 12.1 Å². The maximum absolute atomic E-state index is 13.7. The predicted octanol–water partition coefficient (Wildman–Crippen LogP) is 3.67. The van der Waals surface area contributed by atoms with Crippen molar-refractivity contribution in [3.8, 4) is 0 Å². The molecule has 0 bridgehead atoms. The molecule has 0 spiro atoms. The molecule has 1 unspecified atom stereocenters. The van der Waals surface area contributed by atoms with Crippen molar-refractivity contribution in [1.29, 1.82) is 0 Å². The van der Waals surface area contributed by atoms with Gasteiger partial charge in [0.2, 0.25) is 0 Å². The Hall–Kier alpha value is -1.91. The van der Waals surface area contributed by atoms with E-state index in [9.17, 15) is 4.39 Å². The first-order valence-corrected chi connectivity index (χ1v) is 6.07. The molecule has 3 rings (SSSR count). The molecular formula is C14H10ClFN2O. The number of nitrogens with two attached hydrogens (primary N) is 1. The number of hydrogen-bond donors (Lipinski definition) is 1. The number of benzene rings is 1. The summed E-state index contributed by atoms with van der Waals surface area (Å²) in [4.78, 5) is 3.70. The van der Waals surface area contributed by atoms with E-state index in [1.165, 1.54) is 12.3 Å². The first-order chi connectivity index (χ1) is 9.16. The molecule has 0 aliphatic carbocycles. The summed E-state index contributed by atoms with van der Waals surface area (Å²) < 4.78 is 19.3. The van der Waals surface area contributed by atoms with Gasteiger partial charge in [-0.2, -0.15) is 0 Å². The average Bonchev–Trinajstić information content (AvgIpc) is 2.84. The fraction of sp³-hybridized carbons (Fsp3) is 0.0714. The highest BCUT2D eigenvalue weighted by molar-refractivity contribution is 6.34. The van der Waals surface area contributed by atoms with E-state index < -0.39 is 11.9 Å². The monoisotopic (exact) mass is 276 g/mol. The van der Waals surface area contributed by atoms with Gasteiger partial charge in [0.1, 0.15) is 11.6 Å². The standard InChI is InChI=1S/C14H10ClFN2O/c15-10-3-1-2-8-6-12(19-14(8)10)13(17)9-4-5-18-7-11(9)16/h1-7,13H,17H2. The smallest absolute Gasteiger partial charge is 0.152 e. The molecule has 0 aliphatic rings. The van der Waals surface area contributed by atoms with Crippen molar-refractivity contribution in [3.63, 3.8) is 0 Å². The van der Waals surface area contributed by atoms with Gasteiger partial charge in [-0.3, -0.25) is 4.98 Å². The molecule has 0 fully saturated rings. The van der Waals surface area contributed by atoms with Gasteiger partial charge in [-0.05, 0) is 18.2 Å². The van der Waals surface area contributed by atoms with Crippen LogP contribution in [0.2, 0.25) is 5.02 Å². The van der Waals surface area contributed by atoms with E-state index in [2.05, 4.69) is 4.98 Å². The summed E-state index contributed by atoms with van der Waals surface area (Å²) in [7, 11) is 0. The van der Waals surface area contributed by atoms with E-state index in [4.69, 9.17) is 21.8 Å². The SMILES string of the molecule is NC(c1cc2cccc(Cl)c2o1)c1ccncc1F. The van der Waals surface area contributed by atoms with Gasteiger partial charge in [0.25, 0.3) is 0 Å². The molecule has 2 N–H and O–H groups in total. The molecule has 1 aromatic carbocycles. The Morgan fingerprint density at radius 3 is 2.89 bits per heavy atom. The number of furan rings is 1. The minimum atomic E-state index is -0.688. The van der Waals surface area contributed by atoms with Crippen LogP contribution in [-0.2, 0) is 0 Å². The zero-order chi connectivity index (χ0) is 13.4. The predicted molar refractivity (Wildman–Crippen MR) is 71.4 cm³/mol. The molecule has 0 saturated carbocycles. The lowest BCUT2D eigenvalue weighted by molar-refractivity contribution is 0.509. The Bertz CT molecular complexity index is 741. The zero-order valence-corrected chi connectivity index (χ0v) is 10.6. The third-order valence-electron chi connectivity index (χ3n) is 2.96. The molecule has 1 atom stereocenters. The number of aromatic nitrogens is 1. The Morgan fingerprint density at radius 2 is 2.16 bits per heavy atom. The molecule has 5 heteroatoms. The highest BCUT2D eigenvalue weighted by Gasteiger charge is 2.18. The number of para-hydroxylation sites is 1. The third-order valence-corrected chi connectivity index (χ3v) is 3.26. The van der Waals surface area contributed by atoms with Crippen LogP contribution in [0.5, 0.6) is 0 Å². The molecule has 0 saturated heterocycles. The van der Waals surface area contributed by atoms with Crippen molar-refractivity contribution in [1.82, 2.24) is 4.98 Å². The fourth-order valence-corrected chi connectivity index (χ4v) is 2.21. The quantitative estimate of drug-likeness (QED) is 0.777. The normalized spacial score (nSPS) is 12.8. The minimum absolute atomic E-state index is 0.338. The van der Waals surface area contributed by atoms with Crippen LogP contribution in [0, 0.1) is 5.82 Å². The van der Waals surface area contributed by atoms with Crippen molar-refractivity contribution in [2.24, 2.45) is 5.73 Å². The third kappa shape index (κ3) is 2.09. The van der Waals surface area contributed by atoms with Crippen LogP contribution in [0.3, 0.4) is 0 Å². The highest BCUT2D eigenvalue weighted by atomic mass is 35.5. The lowest BCUT2D eigenvalue weighted by Crippen LogP contribution is -2.12.